The second-order valence-corrected chi connectivity index (χ2v) is 4.82. The number of para-hydroxylation sites is 1. The molecule has 0 aliphatic heterocycles. The van der Waals surface area contributed by atoms with E-state index in [-0.39, 0.29) is 0 Å². The van der Waals surface area contributed by atoms with Gasteiger partial charge in [-0.25, -0.2) is 0 Å². The molecule has 0 fully saturated rings. The van der Waals surface area contributed by atoms with Crippen LogP contribution >= 0.6 is 0 Å². The third kappa shape index (κ3) is 2.70. The maximum Gasteiger partial charge on any atom is 0.0483 e. The van der Waals surface area contributed by atoms with Gasteiger partial charge in [-0.15, -0.1) is 0 Å². The molecule has 1 heterocycles. The van der Waals surface area contributed by atoms with Gasteiger partial charge in [-0.3, -0.25) is 0 Å². The zero-order chi connectivity index (χ0) is 12.3. The van der Waals surface area contributed by atoms with Gasteiger partial charge in [0.25, 0.3) is 0 Å². The van der Waals surface area contributed by atoms with Crippen LogP contribution in [-0.4, -0.2) is 17.2 Å². The highest BCUT2D eigenvalue weighted by Gasteiger charge is 2.06. The van der Waals surface area contributed by atoms with Crippen LogP contribution in [-0.2, 0) is 13.0 Å². The Morgan fingerprint density at radius 3 is 2.71 bits per heavy atom. The average molecular weight is 230 g/mol. The van der Waals surface area contributed by atoms with Crippen molar-refractivity contribution >= 4 is 10.9 Å². The molecule has 0 atom stereocenters. The summed E-state index contributed by atoms with van der Waals surface area (Å²) in [6, 6.07) is 9.24. The lowest BCUT2D eigenvalue weighted by molar-refractivity contribution is 0.590. The molecule has 17 heavy (non-hydrogen) atoms. The molecule has 1 aromatic carbocycles. The fraction of sp³-hybridized carbons (Fsp3) is 0.467. The summed E-state index contributed by atoms with van der Waals surface area (Å²) in [6.07, 6.45) is 3.40. The van der Waals surface area contributed by atoms with Gasteiger partial charge in [0.15, 0.2) is 0 Å². The smallest absolute Gasteiger partial charge is 0.0483 e. The Labute approximate surface area is 104 Å². The van der Waals surface area contributed by atoms with E-state index in [0.29, 0.717) is 6.04 Å². The lowest BCUT2D eigenvalue weighted by Gasteiger charge is -2.06. The zero-order valence-corrected chi connectivity index (χ0v) is 11.0. The van der Waals surface area contributed by atoms with Crippen LogP contribution < -0.4 is 5.32 Å². The second kappa shape index (κ2) is 5.37. The van der Waals surface area contributed by atoms with Gasteiger partial charge in [-0.2, -0.15) is 0 Å². The quantitative estimate of drug-likeness (QED) is 0.834. The minimum atomic E-state index is 0.564. The Morgan fingerprint density at radius 1 is 1.24 bits per heavy atom. The van der Waals surface area contributed by atoms with E-state index >= 15 is 0 Å². The van der Waals surface area contributed by atoms with Gasteiger partial charge >= 0.3 is 0 Å². The number of fused-ring (bicyclic) bond motifs is 1. The van der Waals surface area contributed by atoms with Crippen molar-refractivity contribution < 1.29 is 0 Å². The van der Waals surface area contributed by atoms with E-state index in [9.17, 15) is 0 Å². The highest BCUT2D eigenvalue weighted by atomic mass is 14.9. The molecule has 2 aromatic rings. The highest BCUT2D eigenvalue weighted by Crippen LogP contribution is 2.21. The van der Waals surface area contributed by atoms with Crippen molar-refractivity contribution in [3.05, 3.63) is 36.0 Å². The van der Waals surface area contributed by atoms with E-state index in [2.05, 4.69) is 61.1 Å². The van der Waals surface area contributed by atoms with Crippen molar-refractivity contribution in [1.82, 2.24) is 9.88 Å². The minimum Gasteiger partial charge on any atom is -0.347 e. The van der Waals surface area contributed by atoms with Gasteiger partial charge in [0.1, 0.15) is 0 Å². The molecule has 0 radical (unpaired) electrons. The van der Waals surface area contributed by atoms with Crippen LogP contribution in [0.15, 0.2) is 30.5 Å². The molecule has 0 saturated carbocycles. The molecule has 0 saturated heterocycles. The molecular weight excluding hydrogens is 208 g/mol. The predicted octanol–water partition coefficient (Wildman–Crippen LogP) is 3.20. The Balaban J connectivity index is 2.22. The van der Waals surface area contributed by atoms with Crippen molar-refractivity contribution in [3.63, 3.8) is 0 Å². The summed E-state index contributed by atoms with van der Waals surface area (Å²) in [6.45, 7) is 8.67. The lowest BCUT2D eigenvalue weighted by Crippen LogP contribution is -2.24. The molecule has 0 aliphatic carbocycles. The lowest BCUT2D eigenvalue weighted by atomic mass is 10.1. The molecule has 2 heteroatoms. The maximum atomic E-state index is 3.48. The Hall–Kier alpha value is -1.28. The van der Waals surface area contributed by atoms with Gasteiger partial charge in [0.05, 0.1) is 0 Å². The van der Waals surface area contributed by atoms with Crippen molar-refractivity contribution in [2.75, 3.05) is 6.54 Å². The van der Waals surface area contributed by atoms with Crippen molar-refractivity contribution in [3.8, 4) is 0 Å². The maximum absolute atomic E-state index is 3.48. The largest absolute Gasteiger partial charge is 0.347 e. The monoisotopic (exact) mass is 230 g/mol. The predicted molar refractivity (Wildman–Crippen MR) is 74.5 cm³/mol. The molecule has 1 N–H and O–H groups in total. The summed E-state index contributed by atoms with van der Waals surface area (Å²) in [5.41, 5.74) is 2.81. The molecule has 92 valence electrons. The van der Waals surface area contributed by atoms with Crippen LogP contribution in [0.4, 0.5) is 0 Å². The van der Waals surface area contributed by atoms with Gasteiger partial charge < -0.3 is 9.88 Å². The first kappa shape index (κ1) is 12.2. The van der Waals surface area contributed by atoms with Crippen LogP contribution in [0.5, 0.6) is 0 Å². The Bertz CT molecular complexity index is 483. The summed E-state index contributed by atoms with van der Waals surface area (Å²) >= 11 is 0. The van der Waals surface area contributed by atoms with Crippen molar-refractivity contribution in [2.24, 2.45) is 0 Å². The summed E-state index contributed by atoms with van der Waals surface area (Å²) in [4.78, 5) is 0. The van der Waals surface area contributed by atoms with E-state index in [4.69, 9.17) is 0 Å². The number of rotatable bonds is 5. The number of benzene rings is 1. The highest BCUT2D eigenvalue weighted by molar-refractivity contribution is 5.83. The number of aryl methyl sites for hydroxylation is 1. The van der Waals surface area contributed by atoms with Gasteiger partial charge in [-0.1, -0.05) is 32.0 Å². The fourth-order valence-corrected chi connectivity index (χ4v) is 2.28. The molecule has 2 nitrogen and oxygen atoms in total. The molecule has 0 bridgehead atoms. The van der Waals surface area contributed by atoms with E-state index in [0.717, 1.165) is 19.5 Å². The third-order valence-electron chi connectivity index (χ3n) is 3.16. The Kier molecular flexibility index (Phi) is 3.85. The number of hydrogen-bond donors (Lipinski definition) is 1. The third-order valence-corrected chi connectivity index (χ3v) is 3.16. The van der Waals surface area contributed by atoms with Crippen molar-refractivity contribution in [2.45, 2.75) is 39.8 Å². The average Bonchev–Trinajstić information content (AvgIpc) is 2.68. The van der Waals surface area contributed by atoms with E-state index in [1.54, 1.807) is 0 Å². The van der Waals surface area contributed by atoms with Crippen LogP contribution in [0.3, 0.4) is 0 Å². The molecule has 0 unspecified atom stereocenters. The summed E-state index contributed by atoms with van der Waals surface area (Å²) in [5.74, 6) is 0. The fourth-order valence-electron chi connectivity index (χ4n) is 2.28. The number of nitrogens with zero attached hydrogens (tertiary/aromatic N) is 1. The van der Waals surface area contributed by atoms with E-state index < -0.39 is 0 Å². The molecule has 0 aliphatic rings. The number of aromatic nitrogens is 1. The second-order valence-electron chi connectivity index (χ2n) is 4.82. The zero-order valence-electron chi connectivity index (χ0n) is 11.0. The SMILES string of the molecule is CCn1cc(CCNC(C)C)c2ccccc21. The normalized spacial score (nSPS) is 11.5. The van der Waals surface area contributed by atoms with Crippen LogP contribution in [0, 0.1) is 0 Å². The first-order chi connectivity index (χ1) is 8.22. The van der Waals surface area contributed by atoms with E-state index in [1.165, 1.54) is 16.5 Å². The van der Waals surface area contributed by atoms with Gasteiger partial charge in [-0.05, 0) is 31.5 Å². The number of hydrogen-bond acceptors (Lipinski definition) is 1. The molecule has 1 aromatic heterocycles. The summed E-state index contributed by atoms with van der Waals surface area (Å²) in [5, 5.41) is 4.88. The van der Waals surface area contributed by atoms with E-state index in [1.807, 2.05) is 0 Å². The van der Waals surface area contributed by atoms with Gasteiger partial charge in [0, 0.05) is 29.7 Å². The van der Waals surface area contributed by atoms with Crippen LogP contribution in [0.25, 0.3) is 10.9 Å². The molecule has 0 spiro atoms. The minimum absolute atomic E-state index is 0.564. The molecular formula is C15H22N2. The topological polar surface area (TPSA) is 17.0 Å². The van der Waals surface area contributed by atoms with Crippen molar-refractivity contribution in [1.29, 1.82) is 0 Å². The molecule has 2 rings (SSSR count). The first-order valence-electron chi connectivity index (χ1n) is 6.52. The van der Waals surface area contributed by atoms with Crippen LogP contribution in [0.2, 0.25) is 0 Å². The Morgan fingerprint density at radius 2 is 2.00 bits per heavy atom. The molecule has 0 amide bonds. The van der Waals surface area contributed by atoms with Gasteiger partial charge in [0.2, 0.25) is 0 Å². The number of nitrogens with one attached hydrogen (secondary N) is 1. The van der Waals surface area contributed by atoms with Crippen LogP contribution in [0.1, 0.15) is 26.3 Å². The standard InChI is InChI=1S/C15H22N2/c1-4-17-11-13(9-10-16-12(2)3)14-7-5-6-8-15(14)17/h5-8,11-12,16H,4,9-10H2,1-3H3. The summed E-state index contributed by atoms with van der Waals surface area (Å²) in [7, 11) is 0. The first-order valence-corrected chi connectivity index (χ1v) is 6.52. The summed E-state index contributed by atoms with van der Waals surface area (Å²) < 4.78 is 2.33.